The number of carbonyl (C=O) groups is 1. The van der Waals surface area contributed by atoms with Gasteiger partial charge in [0.2, 0.25) is 0 Å². The third-order valence-corrected chi connectivity index (χ3v) is 2.61. The summed E-state index contributed by atoms with van der Waals surface area (Å²) in [6.45, 7) is 1.71. The Hall–Kier alpha value is -1.52. The standard InChI is InChI=1S/C12H13F3O2/c1-8-4-2-3-5-9(8)6-10(7-11(16)17)12(13,14)15/h2-5,10H,6-7H2,1H3,(H,16,17). The van der Waals surface area contributed by atoms with Gasteiger partial charge in [-0.1, -0.05) is 24.3 Å². The molecule has 0 saturated carbocycles. The molecule has 94 valence electrons. The number of aliphatic carboxylic acids is 1. The summed E-state index contributed by atoms with van der Waals surface area (Å²) in [7, 11) is 0. The molecule has 1 N–H and O–H groups in total. The molecule has 0 aromatic heterocycles. The van der Waals surface area contributed by atoms with Crippen molar-refractivity contribution in [2.24, 2.45) is 5.92 Å². The van der Waals surface area contributed by atoms with Crippen LogP contribution in [0.1, 0.15) is 17.5 Å². The van der Waals surface area contributed by atoms with E-state index >= 15 is 0 Å². The minimum Gasteiger partial charge on any atom is -0.481 e. The van der Waals surface area contributed by atoms with Gasteiger partial charge in [0.1, 0.15) is 0 Å². The Morgan fingerprint density at radius 1 is 1.35 bits per heavy atom. The average Bonchev–Trinajstić information content (AvgIpc) is 2.18. The van der Waals surface area contributed by atoms with Gasteiger partial charge in [0, 0.05) is 0 Å². The molecular weight excluding hydrogens is 233 g/mol. The van der Waals surface area contributed by atoms with Crippen LogP contribution >= 0.6 is 0 Å². The molecule has 0 aliphatic heterocycles. The van der Waals surface area contributed by atoms with E-state index in [0.717, 1.165) is 5.56 Å². The van der Waals surface area contributed by atoms with Gasteiger partial charge in [-0.25, -0.2) is 0 Å². The Morgan fingerprint density at radius 3 is 2.41 bits per heavy atom. The second-order valence-corrected chi connectivity index (χ2v) is 3.97. The second kappa shape index (κ2) is 5.21. The minimum atomic E-state index is -4.49. The number of hydrogen-bond donors (Lipinski definition) is 1. The molecule has 0 bridgehead atoms. The molecule has 0 radical (unpaired) electrons. The molecule has 5 heteroatoms. The molecule has 1 rings (SSSR count). The molecule has 1 aromatic carbocycles. The van der Waals surface area contributed by atoms with Crippen molar-refractivity contribution >= 4 is 5.97 Å². The van der Waals surface area contributed by atoms with Gasteiger partial charge < -0.3 is 5.11 Å². The SMILES string of the molecule is Cc1ccccc1CC(CC(=O)O)C(F)(F)F. The largest absolute Gasteiger partial charge is 0.481 e. The molecule has 0 saturated heterocycles. The smallest absolute Gasteiger partial charge is 0.392 e. The molecule has 0 aliphatic rings. The van der Waals surface area contributed by atoms with Crippen LogP contribution in [0.15, 0.2) is 24.3 Å². The van der Waals surface area contributed by atoms with Crippen molar-refractivity contribution in [3.63, 3.8) is 0 Å². The third-order valence-electron chi connectivity index (χ3n) is 2.61. The van der Waals surface area contributed by atoms with E-state index in [-0.39, 0.29) is 6.42 Å². The summed E-state index contributed by atoms with van der Waals surface area (Å²) < 4.78 is 37.9. The summed E-state index contributed by atoms with van der Waals surface area (Å²) in [5.41, 5.74) is 1.28. The molecule has 1 unspecified atom stereocenters. The monoisotopic (exact) mass is 246 g/mol. The van der Waals surface area contributed by atoms with Crippen LogP contribution in [0.3, 0.4) is 0 Å². The molecule has 1 aromatic rings. The van der Waals surface area contributed by atoms with Crippen LogP contribution in [0.25, 0.3) is 0 Å². The average molecular weight is 246 g/mol. The Labute approximate surface area is 97.1 Å². The zero-order chi connectivity index (χ0) is 13.1. The van der Waals surface area contributed by atoms with Gasteiger partial charge in [-0.2, -0.15) is 13.2 Å². The van der Waals surface area contributed by atoms with E-state index in [2.05, 4.69) is 0 Å². The first-order valence-electron chi connectivity index (χ1n) is 5.13. The quantitative estimate of drug-likeness (QED) is 0.885. The lowest BCUT2D eigenvalue weighted by molar-refractivity contribution is -0.182. The van der Waals surface area contributed by atoms with Crippen molar-refractivity contribution in [3.8, 4) is 0 Å². The topological polar surface area (TPSA) is 37.3 Å². The van der Waals surface area contributed by atoms with Crippen molar-refractivity contribution in [1.29, 1.82) is 0 Å². The van der Waals surface area contributed by atoms with E-state index in [0.29, 0.717) is 5.56 Å². The predicted molar refractivity (Wildman–Crippen MR) is 56.7 cm³/mol. The van der Waals surface area contributed by atoms with Crippen molar-refractivity contribution in [3.05, 3.63) is 35.4 Å². The molecule has 17 heavy (non-hydrogen) atoms. The Kier molecular flexibility index (Phi) is 4.15. The van der Waals surface area contributed by atoms with E-state index < -0.39 is 24.5 Å². The Bertz CT molecular complexity index is 399. The fraction of sp³-hybridized carbons (Fsp3) is 0.417. The number of aryl methyl sites for hydroxylation is 1. The van der Waals surface area contributed by atoms with Gasteiger partial charge in [-0.05, 0) is 24.5 Å². The van der Waals surface area contributed by atoms with Gasteiger partial charge in [-0.15, -0.1) is 0 Å². The van der Waals surface area contributed by atoms with Gasteiger partial charge in [0.15, 0.2) is 0 Å². The molecule has 0 spiro atoms. The number of hydrogen-bond acceptors (Lipinski definition) is 1. The van der Waals surface area contributed by atoms with Gasteiger partial charge in [0.25, 0.3) is 0 Å². The first kappa shape index (κ1) is 13.5. The summed E-state index contributed by atoms with van der Waals surface area (Å²) >= 11 is 0. The zero-order valence-corrected chi connectivity index (χ0v) is 9.29. The fourth-order valence-electron chi connectivity index (χ4n) is 1.62. The zero-order valence-electron chi connectivity index (χ0n) is 9.29. The lowest BCUT2D eigenvalue weighted by Gasteiger charge is -2.19. The van der Waals surface area contributed by atoms with Crippen LogP contribution in [-0.2, 0) is 11.2 Å². The highest BCUT2D eigenvalue weighted by Crippen LogP contribution is 2.32. The summed E-state index contributed by atoms with van der Waals surface area (Å²) in [6.07, 6.45) is -5.67. The maximum absolute atomic E-state index is 12.6. The second-order valence-electron chi connectivity index (χ2n) is 3.97. The van der Waals surface area contributed by atoms with E-state index in [1.807, 2.05) is 0 Å². The molecule has 1 atom stereocenters. The molecule has 0 amide bonds. The Balaban J connectivity index is 2.87. The fourth-order valence-corrected chi connectivity index (χ4v) is 1.62. The highest BCUT2D eigenvalue weighted by molar-refractivity contribution is 5.67. The number of alkyl halides is 3. The summed E-state index contributed by atoms with van der Waals surface area (Å²) in [6, 6.07) is 6.69. The van der Waals surface area contributed by atoms with Crippen LogP contribution in [0, 0.1) is 12.8 Å². The van der Waals surface area contributed by atoms with Crippen molar-refractivity contribution < 1.29 is 23.1 Å². The summed E-state index contributed by atoms with van der Waals surface area (Å²) in [5, 5.41) is 8.49. The summed E-state index contributed by atoms with van der Waals surface area (Å²) in [4.78, 5) is 10.4. The maximum Gasteiger partial charge on any atom is 0.392 e. The van der Waals surface area contributed by atoms with E-state index in [1.165, 1.54) is 0 Å². The van der Waals surface area contributed by atoms with Crippen LogP contribution in [0.5, 0.6) is 0 Å². The molecule has 0 heterocycles. The number of rotatable bonds is 4. The normalized spacial score (nSPS) is 13.4. The minimum absolute atomic E-state index is 0.289. The maximum atomic E-state index is 12.6. The summed E-state index contributed by atoms with van der Waals surface area (Å²) in [5.74, 6) is -3.26. The van der Waals surface area contributed by atoms with Gasteiger partial charge in [-0.3, -0.25) is 4.79 Å². The van der Waals surface area contributed by atoms with E-state index in [4.69, 9.17) is 5.11 Å². The Morgan fingerprint density at radius 2 is 1.94 bits per heavy atom. The van der Waals surface area contributed by atoms with Crippen LogP contribution in [0.4, 0.5) is 13.2 Å². The molecule has 0 fully saturated rings. The lowest BCUT2D eigenvalue weighted by atomic mass is 9.93. The van der Waals surface area contributed by atoms with Crippen molar-refractivity contribution in [2.45, 2.75) is 25.9 Å². The van der Waals surface area contributed by atoms with E-state index in [1.54, 1.807) is 31.2 Å². The number of benzene rings is 1. The lowest BCUT2D eigenvalue weighted by Crippen LogP contribution is -2.27. The number of halogens is 3. The third kappa shape index (κ3) is 4.09. The van der Waals surface area contributed by atoms with Crippen LogP contribution < -0.4 is 0 Å². The van der Waals surface area contributed by atoms with Crippen molar-refractivity contribution in [2.75, 3.05) is 0 Å². The van der Waals surface area contributed by atoms with Crippen LogP contribution in [-0.4, -0.2) is 17.3 Å². The first-order valence-corrected chi connectivity index (χ1v) is 5.13. The molecule has 0 aliphatic carbocycles. The highest BCUT2D eigenvalue weighted by Gasteiger charge is 2.40. The number of carboxylic acid groups (broad SMARTS) is 1. The number of carboxylic acids is 1. The first-order chi connectivity index (χ1) is 7.80. The predicted octanol–water partition coefficient (Wildman–Crippen LogP) is 3.19. The molecular formula is C12H13F3O2. The molecule has 2 nitrogen and oxygen atoms in total. The van der Waals surface area contributed by atoms with Crippen LogP contribution in [0.2, 0.25) is 0 Å². The van der Waals surface area contributed by atoms with Gasteiger partial charge in [0.05, 0.1) is 12.3 Å². The highest BCUT2D eigenvalue weighted by atomic mass is 19.4. The van der Waals surface area contributed by atoms with Gasteiger partial charge >= 0.3 is 12.1 Å². The van der Waals surface area contributed by atoms with E-state index in [9.17, 15) is 18.0 Å². The van der Waals surface area contributed by atoms with Crippen molar-refractivity contribution in [1.82, 2.24) is 0 Å².